The normalized spacial score (nSPS) is 18.0. The van der Waals surface area contributed by atoms with E-state index in [-0.39, 0.29) is 24.8 Å². The van der Waals surface area contributed by atoms with Crippen LogP contribution in [0, 0.1) is 0 Å². The highest BCUT2D eigenvalue weighted by atomic mass is 16.6. The molecule has 4 rings (SSSR count). The quantitative estimate of drug-likeness (QED) is 0.440. The van der Waals surface area contributed by atoms with Crippen LogP contribution in [-0.4, -0.2) is 73.9 Å². The number of hydrogen-bond donors (Lipinski definition) is 0. The average Bonchev–Trinajstić information content (AvgIpc) is 3.25. The molecule has 1 saturated heterocycles. The third-order valence-corrected chi connectivity index (χ3v) is 6.41. The third-order valence-electron chi connectivity index (χ3n) is 6.41. The Kier molecular flexibility index (Phi) is 7.44. The zero-order valence-electron chi connectivity index (χ0n) is 23.2. The molecule has 38 heavy (non-hydrogen) atoms. The van der Waals surface area contributed by atoms with Crippen LogP contribution in [0.25, 0.3) is 22.4 Å². The van der Waals surface area contributed by atoms with E-state index >= 15 is 0 Å². The van der Waals surface area contributed by atoms with E-state index in [1.54, 1.807) is 30.2 Å². The van der Waals surface area contributed by atoms with Gasteiger partial charge in [0.15, 0.2) is 5.65 Å². The van der Waals surface area contributed by atoms with Crippen molar-refractivity contribution >= 4 is 34.5 Å². The maximum Gasteiger partial charge on any atom is 0.410 e. The topological polar surface area (TPSA) is 103 Å². The van der Waals surface area contributed by atoms with E-state index in [2.05, 4.69) is 28.4 Å². The number of allylic oxidation sites excluding steroid dienone is 1. The predicted octanol–water partition coefficient (Wildman–Crippen LogP) is 4.86. The van der Waals surface area contributed by atoms with Crippen molar-refractivity contribution in [3.8, 4) is 5.82 Å². The van der Waals surface area contributed by atoms with Gasteiger partial charge in [0.2, 0.25) is 0 Å². The molecule has 3 aromatic rings. The van der Waals surface area contributed by atoms with E-state index in [4.69, 9.17) is 14.5 Å². The van der Waals surface area contributed by atoms with Gasteiger partial charge in [0, 0.05) is 43.1 Å². The third kappa shape index (κ3) is 5.34. The molecule has 4 heterocycles. The van der Waals surface area contributed by atoms with E-state index in [0.29, 0.717) is 30.1 Å². The van der Waals surface area contributed by atoms with Gasteiger partial charge in [0.25, 0.3) is 0 Å². The maximum absolute atomic E-state index is 12.9. The number of amides is 1. The molecular formula is C28H36N6O4. The number of carbonyl (C=O) groups is 2. The molecule has 0 aliphatic carbocycles. The fourth-order valence-corrected chi connectivity index (χ4v) is 4.65. The fraction of sp³-hybridized carbons (Fsp3) is 0.464. The number of rotatable bonds is 5. The molecule has 0 bridgehead atoms. The Morgan fingerprint density at radius 3 is 2.53 bits per heavy atom. The van der Waals surface area contributed by atoms with Crippen LogP contribution < -0.4 is 4.90 Å². The zero-order chi connectivity index (χ0) is 27.8. The summed E-state index contributed by atoms with van der Waals surface area (Å²) in [7, 11) is 0. The summed E-state index contributed by atoms with van der Waals surface area (Å²) in [4.78, 5) is 43.0. The van der Waals surface area contributed by atoms with Gasteiger partial charge < -0.3 is 19.3 Å². The molecular weight excluding hydrogens is 484 g/mol. The Morgan fingerprint density at radius 1 is 1.13 bits per heavy atom. The summed E-state index contributed by atoms with van der Waals surface area (Å²) < 4.78 is 12.6. The summed E-state index contributed by atoms with van der Waals surface area (Å²) in [5.41, 5.74) is 2.22. The van der Waals surface area contributed by atoms with Crippen molar-refractivity contribution < 1.29 is 19.1 Å². The molecule has 10 heteroatoms. The van der Waals surface area contributed by atoms with Crippen molar-refractivity contribution in [1.29, 1.82) is 0 Å². The van der Waals surface area contributed by atoms with E-state index in [0.717, 1.165) is 22.3 Å². The van der Waals surface area contributed by atoms with Gasteiger partial charge in [0.1, 0.15) is 23.6 Å². The lowest BCUT2D eigenvalue weighted by Gasteiger charge is -2.44. The first-order chi connectivity index (χ1) is 17.9. The number of esters is 1. The Balaban J connectivity index is 1.75. The summed E-state index contributed by atoms with van der Waals surface area (Å²) in [6.07, 6.45) is 4.72. The number of carbonyl (C=O) groups excluding carboxylic acids is 2. The molecule has 1 aliphatic rings. The van der Waals surface area contributed by atoms with Crippen LogP contribution in [0.15, 0.2) is 37.4 Å². The van der Waals surface area contributed by atoms with Gasteiger partial charge in [-0.25, -0.2) is 24.5 Å². The molecule has 1 aliphatic heterocycles. The Morgan fingerprint density at radius 2 is 1.87 bits per heavy atom. The SMILES string of the molecule is C=C(C)c1cn(-c2cc(C(=O)OCC)ccn2)c2ncnc(N3CC(C)N(C(=O)OC(C)(C)C)CC3C)c12. The van der Waals surface area contributed by atoms with E-state index < -0.39 is 11.6 Å². The minimum atomic E-state index is -0.562. The molecule has 2 unspecified atom stereocenters. The van der Waals surface area contributed by atoms with Crippen LogP contribution in [-0.2, 0) is 9.47 Å². The van der Waals surface area contributed by atoms with Crippen molar-refractivity contribution in [2.75, 3.05) is 24.6 Å². The Bertz CT molecular complexity index is 1380. The molecule has 3 aromatic heterocycles. The fourth-order valence-electron chi connectivity index (χ4n) is 4.65. The standard InChI is InChI=1S/C28H36N6O4/c1-9-37-26(35)20-10-11-29-22(12-20)34-15-21(17(2)3)23-24(30-16-31-25(23)34)32-13-19(5)33(14-18(32)4)27(36)38-28(6,7)8/h10-12,15-16,18-19H,2,9,13-14H2,1,3-8H3. The van der Waals surface area contributed by atoms with Gasteiger partial charge in [-0.05, 0) is 66.2 Å². The van der Waals surface area contributed by atoms with Gasteiger partial charge in [-0.15, -0.1) is 0 Å². The van der Waals surface area contributed by atoms with Crippen molar-refractivity contribution in [1.82, 2.24) is 24.4 Å². The molecule has 0 N–H and O–H groups in total. The van der Waals surface area contributed by atoms with E-state index in [1.807, 2.05) is 45.4 Å². The highest BCUT2D eigenvalue weighted by Gasteiger charge is 2.36. The summed E-state index contributed by atoms with van der Waals surface area (Å²) in [5, 5.41) is 0.841. The number of aromatic nitrogens is 4. The van der Waals surface area contributed by atoms with E-state index in [9.17, 15) is 9.59 Å². The lowest BCUT2D eigenvalue weighted by Crippen LogP contribution is -2.59. The molecule has 2 atom stereocenters. The molecule has 0 saturated carbocycles. The minimum Gasteiger partial charge on any atom is -0.462 e. The van der Waals surface area contributed by atoms with Gasteiger partial charge in [-0.3, -0.25) is 4.57 Å². The highest BCUT2D eigenvalue weighted by Crippen LogP contribution is 2.35. The largest absolute Gasteiger partial charge is 0.462 e. The van der Waals surface area contributed by atoms with Crippen LogP contribution in [0.4, 0.5) is 10.6 Å². The number of anilines is 1. The monoisotopic (exact) mass is 520 g/mol. The maximum atomic E-state index is 12.9. The van der Waals surface area contributed by atoms with Gasteiger partial charge in [0.05, 0.1) is 17.6 Å². The van der Waals surface area contributed by atoms with Crippen LogP contribution >= 0.6 is 0 Å². The molecule has 1 amide bonds. The van der Waals surface area contributed by atoms with Crippen molar-refractivity contribution in [2.24, 2.45) is 0 Å². The summed E-state index contributed by atoms with van der Waals surface area (Å²) in [6.45, 7) is 18.9. The second-order valence-electron chi connectivity index (χ2n) is 10.7. The second kappa shape index (κ2) is 10.4. The Labute approximate surface area is 223 Å². The molecule has 0 radical (unpaired) electrons. The average molecular weight is 521 g/mol. The molecule has 202 valence electrons. The molecule has 1 fully saturated rings. The first kappa shape index (κ1) is 27.1. The lowest BCUT2D eigenvalue weighted by molar-refractivity contribution is 0.0130. The van der Waals surface area contributed by atoms with Crippen LogP contribution in [0.2, 0.25) is 0 Å². The lowest BCUT2D eigenvalue weighted by atomic mass is 10.1. The van der Waals surface area contributed by atoms with Crippen molar-refractivity contribution in [2.45, 2.75) is 66.2 Å². The first-order valence-corrected chi connectivity index (χ1v) is 12.8. The Hall–Kier alpha value is -3.95. The zero-order valence-corrected chi connectivity index (χ0v) is 23.2. The van der Waals surface area contributed by atoms with Crippen LogP contribution in [0.3, 0.4) is 0 Å². The molecule has 0 aromatic carbocycles. The number of piperazine rings is 1. The van der Waals surface area contributed by atoms with Gasteiger partial charge in [-0.2, -0.15) is 0 Å². The molecule has 0 spiro atoms. The van der Waals surface area contributed by atoms with Gasteiger partial charge in [-0.1, -0.05) is 6.58 Å². The van der Waals surface area contributed by atoms with Crippen LogP contribution in [0.1, 0.15) is 64.4 Å². The predicted molar refractivity (Wildman–Crippen MR) is 147 cm³/mol. The smallest absolute Gasteiger partial charge is 0.410 e. The second-order valence-corrected chi connectivity index (χ2v) is 10.7. The summed E-state index contributed by atoms with van der Waals surface area (Å²) in [6, 6.07) is 3.19. The first-order valence-electron chi connectivity index (χ1n) is 12.8. The number of nitrogens with zero attached hydrogens (tertiary/aromatic N) is 6. The summed E-state index contributed by atoms with van der Waals surface area (Å²) >= 11 is 0. The minimum absolute atomic E-state index is 0.0246. The highest BCUT2D eigenvalue weighted by molar-refractivity contribution is 5.99. The number of fused-ring (bicyclic) bond motifs is 1. The van der Waals surface area contributed by atoms with Crippen molar-refractivity contribution in [3.63, 3.8) is 0 Å². The molecule has 10 nitrogen and oxygen atoms in total. The van der Waals surface area contributed by atoms with Crippen LogP contribution in [0.5, 0.6) is 0 Å². The number of hydrogen-bond acceptors (Lipinski definition) is 8. The van der Waals surface area contributed by atoms with Gasteiger partial charge >= 0.3 is 12.1 Å². The number of pyridine rings is 1. The summed E-state index contributed by atoms with van der Waals surface area (Å²) in [5.74, 6) is 0.888. The van der Waals surface area contributed by atoms with E-state index in [1.165, 1.54) is 6.33 Å². The number of ether oxygens (including phenoxy) is 2. The van der Waals surface area contributed by atoms with Crippen molar-refractivity contribution in [3.05, 3.63) is 48.6 Å².